The standard InChI is InChI=1S/C12H15F3N2/c1-17-5-4-16-9(7-17)6-8-2-3-10(13)12(15)11(8)14/h2-3,9,16H,4-7H2,1H3. The monoisotopic (exact) mass is 244 g/mol. The molecule has 0 aromatic heterocycles. The van der Waals surface area contributed by atoms with Crippen LogP contribution in [0.5, 0.6) is 0 Å². The Balaban J connectivity index is 2.10. The number of hydrogen-bond donors (Lipinski definition) is 1. The number of nitrogens with zero attached hydrogens (tertiary/aromatic N) is 1. The molecule has 5 heteroatoms. The van der Waals surface area contributed by atoms with Crippen LogP contribution in [0.2, 0.25) is 0 Å². The van der Waals surface area contributed by atoms with Crippen molar-refractivity contribution in [3.63, 3.8) is 0 Å². The van der Waals surface area contributed by atoms with Crippen LogP contribution < -0.4 is 5.32 Å². The molecule has 2 nitrogen and oxygen atoms in total. The lowest BCUT2D eigenvalue weighted by Crippen LogP contribution is -2.50. The molecule has 0 saturated carbocycles. The summed E-state index contributed by atoms with van der Waals surface area (Å²) in [5.74, 6) is -3.59. The zero-order valence-corrected chi connectivity index (χ0v) is 9.64. The van der Waals surface area contributed by atoms with Gasteiger partial charge < -0.3 is 10.2 Å². The van der Waals surface area contributed by atoms with Crippen molar-refractivity contribution in [3.05, 3.63) is 35.1 Å². The number of hydrogen-bond acceptors (Lipinski definition) is 2. The minimum Gasteiger partial charge on any atom is -0.311 e. The normalized spacial score (nSPS) is 21.8. The van der Waals surface area contributed by atoms with Crippen LogP contribution in [0.1, 0.15) is 5.56 Å². The third kappa shape index (κ3) is 2.79. The van der Waals surface area contributed by atoms with E-state index in [0.29, 0.717) is 6.42 Å². The maximum Gasteiger partial charge on any atom is 0.194 e. The second kappa shape index (κ2) is 5.06. The number of likely N-dealkylation sites (N-methyl/N-ethyl adjacent to an activating group) is 1. The number of benzene rings is 1. The maximum absolute atomic E-state index is 13.5. The van der Waals surface area contributed by atoms with Crippen LogP contribution in [0.3, 0.4) is 0 Å². The molecular formula is C12H15F3N2. The minimum absolute atomic E-state index is 0.0770. The average molecular weight is 244 g/mol. The van der Waals surface area contributed by atoms with E-state index in [2.05, 4.69) is 10.2 Å². The lowest BCUT2D eigenvalue weighted by molar-refractivity contribution is 0.237. The molecule has 1 aromatic rings. The Morgan fingerprint density at radius 1 is 1.29 bits per heavy atom. The van der Waals surface area contributed by atoms with E-state index in [1.807, 2.05) is 7.05 Å². The average Bonchev–Trinajstić information content (AvgIpc) is 2.30. The summed E-state index contributed by atoms with van der Waals surface area (Å²) in [6, 6.07) is 2.36. The van der Waals surface area contributed by atoms with Crippen LogP contribution in [0.25, 0.3) is 0 Å². The van der Waals surface area contributed by atoms with Gasteiger partial charge in [0.15, 0.2) is 17.5 Å². The highest BCUT2D eigenvalue weighted by molar-refractivity contribution is 5.21. The van der Waals surface area contributed by atoms with Crippen molar-refractivity contribution in [2.75, 3.05) is 26.7 Å². The summed E-state index contributed by atoms with van der Waals surface area (Å²) in [7, 11) is 1.98. The van der Waals surface area contributed by atoms with Gasteiger partial charge in [-0.25, -0.2) is 13.2 Å². The third-order valence-electron chi connectivity index (χ3n) is 3.04. The Morgan fingerprint density at radius 3 is 2.76 bits per heavy atom. The fourth-order valence-electron chi connectivity index (χ4n) is 2.12. The highest BCUT2D eigenvalue weighted by Crippen LogP contribution is 2.17. The van der Waals surface area contributed by atoms with Gasteiger partial charge in [0, 0.05) is 25.7 Å². The van der Waals surface area contributed by atoms with Gasteiger partial charge in [0.05, 0.1) is 0 Å². The van der Waals surface area contributed by atoms with E-state index in [-0.39, 0.29) is 11.6 Å². The molecule has 0 radical (unpaired) electrons. The lowest BCUT2D eigenvalue weighted by atomic mass is 10.0. The van der Waals surface area contributed by atoms with Gasteiger partial charge in [0.25, 0.3) is 0 Å². The van der Waals surface area contributed by atoms with Crippen LogP contribution >= 0.6 is 0 Å². The Bertz CT molecular complexity index is 409. The predicted molar refractivity (Wildman–Crippen MR) is 59.3 cm³/mol. The van der Waals surface area contributed by atoms with Crippen molar-refractivity contribution in [2.24, 2.45) is 0 Å². The Labute approximate surface area is 98.4 Å². The van der Waals surface area contributed by atoms with E-state index in [1.54, 1.807) is 0 Å². The van der Waals surface area contributed by atoms with E-state index >= 15 is 0 Å². The van der Waals surface area contributed by atoms with Crippen LogP contribution in [0.4, 0.5) is 13.2 Å². The van der Waals surface area contributed by atoms with E-state index in [1.165, 1.54) is 6.07 Å². The molecule has 1 fully saturated rings. The van der Waals surface area contributed by atoms with Gasteiger partial charge in [-0.2, -0.15) is 0 Å². The minimum atomic E-state index is -1.38. The lowest BCUT2D eigenvalue weighted by Gasteiger charge is -2.31. The molecule has 1 heterocycles. The SMILES string of the molecule is CN1CCNC(Cc2ccc(F)c(F)c2F)C1. The largest absolute Gasteiger partial charge is 0.311 e. The quantitative estimate of drug-likeness (QED) is 0.794. The van der Waals surface area contributed by atoms with Gasteiger partial charge in [0.2, 0.25) is 0 Å². The van der Waals surface area contributed by atoms with E-state index in [0.717, 1.165) is 25.7 Å². The molecular weight excluding hydrogens is 229 g/mol. The zero-order chi connectivity index (χ0) is 12.4. The molecule has 1 aliphatic heterocycles. The number of nitrogens with one attached hydrogen (secondary N) is 1. The first kappa shape index (κ1) is 12.4. The highest BCUT2D eigenvalue weighted by Gasteiger charge is 2.20. The first-order valence-electron chi connectivity index (χ1n) is 5.62. The van der Waals surface area contributed by atoms with Gasteiger partial charge in [-0.15, -0.1) is 0 Å². The zero-order valence-electron chi connectivity index (χ0n) is 9.64. The van der Waals surface area contributed by atoms with Crippen LogP contribution in [-0.4, -0.2) is 37.6 Å². The van der Waals surface area contributed by atoms with Crippen molar-refractivity contribution >= 4 is 0 Å². The first-order chi connectivity index (χ1) is 8.08. The Hall–Kier alpha value is -1.07. The molecule has 1 atom stereocenters. The molecule has 1 aliphatic rings. The topological polar surface area (TPSA) is 15.3 Å². The molecule has 1 aromatic carbocycles. The molecule has 1 unspecified atom stereocenters. The fraction of sp³-hybridized carbons (Fsp3) is 0.500. The van der Waals surface area contributed by atoms with Crippen LogP contribution in [0.15, 0.2) is 12.1 Å². The van der Waals surface area contributed by atoms with Gasteiger partial charge >= 0.3 is 0 Å². The molecule has 0 bridgehead atoms. The van der Waals surface area contributed by atoms with Gasteiger partial charge in [0.1, 0.15) is 0 Å². The molecule has 0 aliphatic carbocycles. The summed E-state index contributed by atoms with van der Waals surface area (Å²) >= 11 is 0. The molecule has 17 heavy (non-hydrogen) atoms. The first-order valence-corrected chi connectivity index (χ1v) is 5.62. The molecule has 94 valence electrons. The van der Waals surface area contributed by atoms with Crippen molar-refractivity contribution in [1.29, 1.82) is 0 Å². The predicted octanol–water partition coefficient (Wildman–Crippen LogP) is 1.55. The summed E-state index contributed by atoms with van der Waals surface area (Å²) < 4.78 is 39.3. The second-order valence-electron chi connectivity index (χ2n) is 4.45. The Morgan fingerprint density at radius 2 is 2.06 bits per heavy atom. The van der Waals surface area contributed by atoms with Crippen molar-refractivity contribution in [3.8, 4) is 0 Å². The summed E-state index contributed by atoms with van der Waals surface area (Å²) in [4.78, 5) is 2.12. The van der Waals surface area contributed by atoms with Gasteiger partial charge in [-0.1, -0.05) is 6.07 Å². The highest BCUT2D eigenvalue weighted by atomic mass is 19.2. The maximum atomic E-state index is 13.5. The number of rotatable bonds is 2. The van der Waals surface area contributed by atoms with Crippen molar-refractivity contribution in [1.82, 2.24) is 10.2 Å². The summed E-state index contributed by atoms with van der Waals surface area (Å²) in [5, 5.41) is 3.23. The number of piperazine rings is 1. The smallest absolute Gasteiger partial charge is 0.194 e. The van der Waals surface area contributed by atoms with Crippen LogP contribution in [0, 0.1) is 17.5 Å². The van der Waals surface area contributed by atoms with E-state index in [9.17, 15) is 13.2 Å². The third-order valence-corrected chi connectivity index (χ3v) is 3.04. The van der Waals surface area contributed by atoms with Crippen LogP contribution in [-0.2, 0) is 6.42 Å². The van der Waals surface area contributed by atoms with Gasteiger partial charge in [-0.3, -0.25) is 0 Å². The van der Waals surface area contributed by atoms with E-state index < -0.39 is 17.5 Å². The second-order valence-corrected chi connectivity index (χ2v) is 4.45. The molecule has 2 rings (SSSR count). The summed E-state index contributed by atoms with van der Waals surface area (Å²) in [5.41, 5.74) is 0.219. The molecule has 0 spiro atoms. The van der Waals surface area contributed by atoms with Gasteiger partial charge in [-0.05, 0) is 25.1 Å². The molecule has 1 saturated heterocycles. The fourth-order valence-corrected chi connectivity index (χ4v) is 2.12. The number of halogens is 3. The molecule has 1 N–H and O–H groups in total. The Kier molecular flexibility index (Phi) is 3.69. The summed E-state index contributed by atoms with van der Waals surface area (Å²) in [6.45, 7) is 2.54. The summed E-state index contributed by atoms with van der Waals surface area (Å²) in [6.07, 6.45) is 0.368. The molecule has 0 amide bonds. The van der Waals surface area contributed by atoms with Crippen molar-refractivity contribution < 1.29 is 13.2 Å². The van der Waals surface area contributed by atoms with E-state index in [4.69, 9.17) is 0 Å². The van der Waals surface area contributed by atoms with Crippen molar-refractivity contribution in [2.45, 2.75) is 12.5 Å².